The van der Waals surface area contributed by atoms with Crippen LogP contribution in [-0.2, 0) is 6.18 Å². The van der Waals surface area contributed by atoms with Crippen molar-refractivity contribution in [1.82, 2.24) is 0 Å². The highest BCUT2D eigenvalue weighted by atomic mass is 35.5. The summed E-state index contributed by atoms with van der Waals surface area (Å²) in [5.41, 5.74) is -2.00. The van der Waals surface area contributed by atoms with Crippen LogP contribution in [0, 0.1) is 5.82 Å². The Morgan fingerprint density at radius 3 is 1.94 bits per heavy atom. The zero-order valence-corrected chi connectivity index (χ0v) is 8.34. The van der Waals surface area contributed by atoms with Gasteiger partial charge in [-0.2, -0.15) is 13.2 Å². The van der Waals surface area contributed by atoms with Gasteiger partial charge in [-0.15, -0.1) is 13.2 Å². The molecule has 0 aromatic heterocycles. The third-order valence-electron chi connectivity index (χ3n) is 1.56. The molecule has 0 aliphatic carbocycles. The van der Waals surface area contributed by atoms with E-state index < -0.39 is 34.7 Å². The van der Waals surface area contributed by atoms with Crippen molar-refractivity contribution >= 4 is 11.6 Å². The van der Waals surface area contributed by atoms with E-state index in [1.54, 1.807) is 0 Å². The molecule has 1 rings (SSSR count). The lowest BCUT2D eigenvalue weighted by atomic mass is 10.2. The van der Waals surface area contributed by atoms with Crippen LogP contribution in [0.3, 0.4) is 0 Å². The van der Waals surface area contributed by atoms with Crippen molar-refractivity contribution in [2.75, 3.05) is 0 Å². The molecular formula is C8H2ClF7O. The van der Waals surface area contributed by atoms with Crippen LogP contribution in [0.15, 0.2) is 12.1 Å². The predicted octanol–water partition coefficient (Wildman–Crippen LogP) is 4.40. The highest BCUT2D eigenvalue weighted by molar-refractivity contribution is 6.31. The number of hydrogen-bond acceptors (Lipinski definition) is 1. The second-order valence-electron chi connectivity index (χ2n) is 2.78. The van der Waals surface area contributed by atoms with Crippen LogP contribution < -0.4 is 4.74 Å². The molecule has 1 nitrogen and oxygen atoms in total. The van der Waals surface area contributed by atoms with Crippen LogP contribution in [0.4, 0.5) is 30.7 Å². The minimum Gasteiger partial charge on any atom is -0.402 e. The molecule has 0 amide bonds. The van der Waals surface area contributed by atoms with E-state index in [2.05, 4.69) is 4.74 Å². The minimum atomic E-state index is -5.45. The van der Waals surface area contributed by atoms with Gasteiger partial charge in [-0.3, -0.25) is 0 Å². The summed E-state index contributed by atoms with van der Waals surface area (Å²) >= 11 is 5.08. The number of alkyl halides is 6. The Hall–Kier alpha value is -1.18. The van der Waals surface area contributed by atoms with E-state index in [1.807, 2.05) is 0 Å². The van der Waals surface area contributed by atoms with Crippen LogP contribution in [-0.4, -0.2) is 6.36 Å². The quantitative estimate of drug-likeness (QED) is 0.694. The summed E-state index contributed by atoms with van der Waals surface area (Å²) in [6.45, 7) is 0. The van der Waals surface area contributed by atoms with Crippen molar-refractivity contribution in [3.05, 3.63) is 28.5 Å². The largest absolute Gasteiger partial charge is 0.573 e. The molecule has 17 heavy (non-hydrogen) atoms. The lowest BCUT2D eigenvalue weighted by Gasteiger charge is -2.16. The molecule has 0 bridgehead atoms. The van der Waals surface area contributed by atoms with Crippen molar-refractivity contribution < 1.29 is 35.5 Å². The van der Waals surface area contributed by atoms with Crippen molar-refractivity contribution in [1.29, 1.82) is 0 Å². The summed E-state index contributed by atoms with van der Waals surface area (Å²) < 4.78 is 88.5. The second-order valence-corrected chi connectivity index (χ2v) is 3.19. The Balaban J connectivity index is 3.41. The fourth-order valence-electron chi connectivity index (χ4n) is 1.01. The van der Waals surface area contributed by atoms with Crippen molar-refractivity contribution in [2.45, 2.75) is 12.5 Å². The Morgan fingerprint density at radius 1 is 1.00 bits per heavy atom. The number of hydrogen-bond donors (Lipinski definition) is 0. The summed E-state index contributed by atoms with van der Waals surface area (Å²) in [5.74, 6) is -3.79. The predicted molar refractivity (Wildman–Crippen MR) is 43.1 cm³/mol. The highest BCUT2D eigenvalue weighted by Crippen LogP contribution is 2.43. The molecule has 0 radical (unpaired) electrons. The molecule has 0 aliphatic heterocycles. The summed E-state index contributed by atoms with van der Waals surface area (Å²) in [5, 5.41) is -1.09. The fourth-order valence-corrected chi connectivity index (χ4v) is 1.27. The molecule has 0 N–H and O–H groups in total. The molecule has 96 valence electrons. The van der Waals surface area contributed by atoms with Gasteiger partial charge < -0.3 is 4.74 Å². The topological polar surface area (TPSA) is 9.23 Å². The summed E-state index contributed by atoms with van der Waals surface area (Å²) in [7, 11) is 0. The first-order chi connectivity index (χ1) is 7.52. The maximum atomic E-state index is 12.9. The number of benzene rings is 1. The van der Waals surface area contributed by atoms with E-state index in [9.17, 15) is 30.7 Å². The molecule has 0 saturated heterocycles. The van der Waals surface area contributed by atoms with Gasteiger partial charge in [0.25, 0.3) is 0 Å². The van der Waals surface area contributed by atoms with Crippen molar-refractivity contribution in [3.63, 3.8) is 0 Å². The standard InChI is InChI=1S/C8H2ClF7O/c9-3-1-2-4(10)6(17-8(14,15)16)5(3)7(11,12)13/h1-2H. The first-order valence-corrected chi connectivity index (χ1v) is 4.21. The van der Waals surface area contributed by atoms with Gasteiger partial charge in [-0.05, 0) is 12.1 Å². The lowest BCUT2D eigenvalue weighted by Crippen LogP contribution is -2.21. The molecule has 1 aromatic rings. The van der Waals surface area contributed by atoms with Crippen LogP contribution in [0.1, 0.15) is 5.56 Å². The molecule has 0 saturated carbocycles. The van der Waals surface area contributed by atoms with Gasteiger partial charge in [-0.1, -0.05) is 11.6 Å². The molecule has 0 unspecified atom stereocenters. The van der Waals surface area contributed by atoms with E-state index in [0.29, 0.717) is 12.1 Å². The lowest BCUT2D eigenvalue weighted by molar-refractivity contribution is -0.277. The zero-order valence-electron chi connectivity index (χ0n) is 7.59. The van der Waals surface area contributed by atoms with Crippen LogP contribution in [0.25, 0.3) is 0 Å². The minimum absolute atomic E-state index is 0.346. The Kier molecular flexibility index (Phi) is 3.47. The van der Waals surface area contributed by atoms with E-state index >= 15 is 0 Å². The van der Waals surface area contributed by atoms with E-state index in [-0.39, 0.29) is 0 Å². The van der Waals surface area contributed by atoms with Crippen molar-refractivity contribution in [3.8, 4) is 5.75 Å². The first-order valence-electron chi connectivity index (χ1n) is 3.83. The third kappa shape index (κ3) is 3.39. The Bertz CT molecular complexity index is 423. The smallest absolute Gasteiger partial charge is 0.402 e. The highest BCUT2D eigenvalue weighted by Gasteiger charge is 2.42. The average molecular weight is 283 g/mol. The summed E-state index contributed by atoms with van der Waals surface area (Å²) in [4.78, 5) is 0. The van der Waals surface area contributed by atoms with Crippen LogP contribution in [0.2, 0.25) is 5.02 Å². The van der Waals surface area contributed by atoms with Crippen molar-refractivity contribution in [2.24, 2.45) is 0 Å². The van der Waals surface area contributed by atoms with Gasteiger partial charge in [-0.25, -0.2) is 4.39 Å². The van der Waals surface area contributed by atoms with Gasteiger partial charge in [0, 0.05) is 0 Å². The molecule has 0 spiro atoms. The van der Waals surface area contributed by atoms with E-state index in [4.69, 9.17) is 11.6 Å². The average Bonchev–Trinajstić information content (AvgIpc) is 2.06. The number of halogens is 8. The normalized spacial score (nSPS) is 12.7. The van der Waals surface area contributed by atoms with Gasteiger partial charge in [0.1, 0.15) is 5.56 Å². The second kappa shape index (κ2) is 4.25. The molecule has 0 fully saturated rings. The monoisotopic (exact) mass is 282 g/mol. The Morgan fingerprint density at radius 2 is 1.53 bits per heavy atom. The fraction of sp³-hybridized carbons (Fsp3) is 0.250. The number of rotatable bonds is 1. The van der Waals surface area contributed by atoms with Gasteiger partial charge >= 0.3 is 12.5 Å². The molecule has 9 heteroatoms. The third-order valence-corrected chi connectivity index (χ3v) is 1.88. The van der Waals surface area contributed by atoms with Crippen LogP contribution in [0.5, 0.6) is 5.75 Å². The van der Waals surface area contributed by atoms with Crippen LogP contribution >= 0.6 is 11.6 Å². The molecule has 0 atom stereocenters. The molecule has 0 heterocycles. The summed E-state index contributed by atoms with van der Waals surface area (Å²) in [6, 6.07) is 0.835. The van der Waals surface area contributed by atoms with E-state index in [1.165, 1.54) is 0 Å². The first kappa shape index (κ1) is 13.9. The van der Waals surface area contributed by atoms with Gasteiger partial charge in [0.15, 0.2) is 11.6 Å². The van der Waals surface area contributed by atoms with Gasteiger partial charge in [0.2, 0.25) is 0 Å². The number of ether oxygens (including phenoxy) is 1. The molecule has 1 aromatic carbocycles. The molecular weight excluding hydrogens is 281 g/mol. The summed E-state index contributed by atoms with van der Waals surface area (Å²) in [6.07, 6.45) is -10.7. The van der Waals surface area contributed by atoms with Gasteiger partial charge in [0.05, 0.1) is 5.02 Å². The van der Waals surface area contributed by atoms with E-state index in [0.717, 1.165) is 0 Å². The Labute approximate surface area is 94.7 Å². The SMILES string of the molecule is Fc1ccc(Cl)c(C(F)(F)F)c1OC(F)(F)F. The zero-order chi connectivity index (χ0) is 13.4. The molecule has 0 aliphatic rings. The maximum absolute atomic E-state index is 12.9. The maximum Gasteiger partial charge on any atom is 0.573 e.